The molecule has 140 valence electrons. The van der Waals surface area contributed by atoms with Crippen LogP contribution in [0, 0.1) is 5.82 Å². The van der Waals surface area contributed by atoms with Crippen molar-refractivity contribution < 1.29 is 9.13 Å². The molecule has 6 nitrogen and oxygen atoms in total. The lowest BCUT2D eigenvalue weighted by molar-refractivity contribution is 0.180. The molecule has 2 heterocycles. The Kier molecular flexibility index (Phi) is 5.88. The Morgan fingerprint density at radius 2 is 1.81 bits per heavy atom. The summed E-state index contributed by atoms with van der Waals surface area (Å²) >= 11 is 0. The highest BCUT2D eigenvalue weighted by molar-refractivity contribution is 5.48. The summed E-state index contributed by atoms with van der Waals surface area (Å²) in [6, 6.07) is 6.54. The molecular weight excluding hydrogens is 335 g/mol. The lowest BCUT2D eigenvalue weighted by Crippen LogP contribution is -2.47. The number of hydrogen-bond donors (Lipinski definition) is 1. The molecule has 1 aromatic carbocycles. The summed E-state index contributed by atoms with van der Waals surface area (Å²) in [6.45, 7) is 5.41. The van der Waals surface area contributed by atoms with Gasteiger partial charge in [-0.05, 0) is 30.7 Å². The maximum atomic E-state index is 13.1. The van der Waals surface area contributed by atoms with Crippen molar-refractivity contribution in [3.05, 3.63) is 51.7 Å². The highest BCUT2D eigenvalue weighted by atomic mass is 19.1. The van der Waals surface area contributed by atoms with Gasteiger partial charge in [-0.2, -0.15) is 0 Å². The zero-order valence-corrected chi connectivity index (χ0v) is 15.3. The minimum atomic E-state index is -0.230. The van der Waals surface area contributed by atoms with E-state index in [4.69, 9.17) is 4.74 Å². The van der Waals surface area contributed by atoms with E-state index in [1.165, 1.54) is 12.1 Å². The van der Waals surface area contributed by atoms with E-state index in [0.717, 1.165) is 38.3 Å². The first-order valence-electron chi connectivity index (χ1n) is 8.98. The van der Waals surface area contributed by atoms with E-state index in [0.29, 0.717) is 30.2 Å². The molecule has 0 radical (unpaired) electrons. The molecule has 0 spiro atoms. The topological polar surface area (TPSA) is 61.5 Å². The molecule has 3 rings (SSSR count). The number of hydrogen-bond acceptors (Lipinski definition) is 5. The summed E-state index contributed by atoms with van der Waals surface area (Å²) in [5, 5.41) is 0. The SMILES string of the molecule is CCCc1c(COC)nc(N2CCN(c3ccc(F)cc3)CC2)[nH]c1=O. The van der Waals surface area contributed by atoms with E-state index >= 15 is 0 Å². The lowest BCUT2D eigenvalue weighted by Gasteiger charge is -2.36. The second kappa shape index (κ2) is 8.31. The van der Waals surface area contributed by atoms with Gasteiger partial charge in [0.05, 0.1) is 12.3 Å². The second-order valence-corrected chi connectivity index (χ2v) is 6.45. The molecule has 7 heteroatoms. The molecule has 1 aromatic heterocycles. The number of nitrogens with one attached hydrogen (secondary N) is 1. The van der Waals surface area contributed by atoms with Gasteiger partial charge < -0.3 is 14.5 Å². The van der Waals surface area contributed by atoms with Gasteiger partial charge >= 0.3 is 0 Å². The standard InChI is InChI=1S/C19H25FN4O2/c1-3-4-16-17(13-26-2)21-19(22-18(16)25)24-11-9-23(10-12-24)15-7-5-14(20)6-8-15/h5-8H,3-4,9-13H2,1-2H3,(H,21,22,25). The van der Waals surface area contributed by atoms with E-state index in [-0.39, 0.29) is 11.4 Å². The Bertz CT molecular complexity index is 783. The minimum Gasteiger partial charge on any atom is -0.378 e. The third-order valence-corrected chi connectivity index (χ3v) is 4.64. The van der Waals surface area contributed by atoms with Crippen molar-refractivity contribution >= 4 is 11.6 Å². The number of ether oxygens (including phenoxy) is 1. The van der Waals surface area contributed by atoms with Crippen LogP contribution < -0.4 is 15.4 Å². The van der Waals surface area contributed by atoms with Gasteiger partial charge in [-0.25, -0.2) is 9.37 Å². The summed E-state index contributed by atoms with van der Waals surface area (Å²) in [5.41, 5.74) is 2.35. The fourth-order valence-corrected chi connectivity index (χ4v) is 3.27. The predicted molar refractivity (Wildman–Crippen MR) is 100 cm³/mol. The van der Waals surface area contributed by atoms with Gasteiger partial charge in [0.15, 0.2) is 0 Å². The van der Waals surface area contributed by atoms with Crippen LogP contribution in [0.25, 0.3) is 0 Å². The van der Waals surface area contributed by atoms with Crippen molar-refractivity contribution in [3.63, 3.8) is 0 Å². The maximum absolute atomic E-state index is 13.1. The summed E-state index contributed by atoms with van der Waals surface area (Å²) < 4.78 is 18.3. The quantitative estimate of drug-likeness (QED) is 0.857. The summed E-state index contributed by atoms with van der Waals surface area (Å²) in [7, 11) is 1.61. The molecule has 1 N–H and O–H groups in total. The number of benzene rings is 1. The highest BCUT2D eigenvalue weighted by Crippen LogP contribution is 2.19. The van der Waals surface area contributed by atoms with Gasteiger partial charge in [0.2, 0.25) is 5.95 Å². The van der Waals surface area contributed by atoms with Gasteiger partial charge in [-0.1, -0.05) is 13.3 Å². The monoisotopic (exact) mass is 360 g/mol. The van der Waals surface area contributed by atoms with Gasteiger partial charge in [-0.15, -0.1) is 0 Å². The Labute approximate surface area is 152 Å². The average molecular weight is 360 g/mol. The average Bonchev–Trinajstić information content (AvgIpc) is 2.65. The minimum absolute atomic E-state index is 0.0788. The van der Waals surface area contributed by atoms with Crippen molar-refractivity contribution in [1.82, 2.24) is 9.97 Å². The summed E-state index contributed by atoms with van der Waals surface area (Å²) in [5.74, 6) is 0.368. The molecule has 1 saturated heterocycles. The van der Waals surface area contributed by atoms with Gasteiger partial charge in [0.1, 0.15) is 5.82 Å². The fourth-order valence-electron chi connectivity index (χ4n) is 3.27. The van der Waals surface area contributed by atoms with Crippen LogP contribution in [-0.4, -0.2) is 43.3 Å². The summed E-state index contributed by atoms with van der Waals surface area (Å²) in [4.78, 5) is 24.3. The molecule has 1 aliphatic heterocycles. The molecule has 1 fully saturated rings. The molecule has 1 aliphatic rings. The Morgan fingerprint density at radius 3 is 2.42 bits per heavy atom. The molecule has 0 bridgehead atoms. The third kappa shape index (κ3) is 4.04. The number of H-pyrrole nitrogens is 1. The van der Waals surface area contributed by atoms with Crippen LogP contribution in [0.2, 0.25) is 0 Å². The van der Waals surface area contributed by atoms with Gasteiger partial charge in [-0.3, -0.25) is 9.78 Å². The Morgan fingerprint density at radius 1 is 1.15 bits per heavy atom. The number of aromatic nitrogens is 2. The van der Waals surface area contributed by atoms with Gasteiger partial charge in [0, 0.05) is 44.5 Å². The van der Waals surface area contributed by atoms with Crippen LogP contribution >= 0.6 is 0 Å². The fraction of sp³-hybridized carbons (Fsp3) is 0.474. The van der Waals surface area contributed by atoms with Crippen molar-refractivity contribution in [3.8, 4) is 0 Å². The van der Waals surface area contributed by atoms with Crippen LogP contribution in [0.4, 0.5) is 16.0 Å². The number of aromatic amines is 1. The van der Waals surface area contributed by atoms with E-state index in [9.17, 15) is 9.18 Å². The number of anilines is 2. The van der Waals surface area contributed by atoms with E-state index in [2.05, 4.69) is 19.8 Å². The first kappa shape index (κ1) is 18.4. The number of piperazine rings is 1. The zero-order chi connectivity index (χ0) is 18.5. The lowest BCUT2D eigenvalue weighted by atomic mass is 10.1. The van der Waals surface area contributed by atoms with E-state index in [1.54, 1.807) is 19.2 Å². The zero-order valence-electron chi connectivity index (χ0n) is 15.3. The van der Waals surface area contributed by atoms with Crippen LogP contribution in [0.3, 0.4) is 0 Å². The highest BCUT2D eigenvalue weighted by Gasteiger charge is 2.21. The van der Waals surface area contributed by atoms with Crippen LogP contribution in [-0.2, 0) is 17.8 Å². The molecule has 0 unspecified atom stereocenters. The Balaban J connectivity index is 1.74. The maximum Gasteiger partial charge on any atom is 0.255 e. The normalized spacial score (nSPS) is 14.7. The first-order chi connectivity index (χ1) is 12.6. The first-order valence-corrected chi connectivity index (χ1v) is 8.98. The molecule has 0 saturated carbocycles. The van der Waals surface area contributed by atoms with Crippen molar-refractivity contribution in [2.75, 3.05) is 43.1 Å². The largest absolute Gasteiger partial charge is 0.378 e. The van der Waals surface area contributed by atoms with Crippen molar-refractivity contribution in [2.24, 2.45) is 0 Å². The number of methoxy groups -OCH3 is 1. The Hall–Kier alpha value is -2.41. The number of rotatable bonds is 6. The van der Waals surface area contributed by atoms with Crippen LogP contribution in [0.5, 0.6) is 0 Å². The number of halogens is 1. The van der Waals surface area contributed by atoms with Crippen LogP contribution in [0.15, 0.2) is 29.1 Å². The molecule has 0 amide bonds. The molecular formula is C19H25FN4O2. The smallest absolute Gasteiger partial charge is 0.255 e. The molecule has 2 aromatic rings. The molecule has 0 aliphatic carbocycles. The molecule has 26 heavy (non-hydrogen) atoms. The van der Waals surface area contributed by atoms with Crippen molar-refractivity contribution in [2.45, 2.75) is 26.4 Å². The van der Waals surface area contributed by atoms with E-state index < -0.39 is 0 Å². The van der Waals surface area contributed by atoms with E-state index in [1.807, 2.05) is 6.92 Å². The van der Waals surface area contributed by atoms with Crippen LogP contribution in [0.1, 0.15) is 24.6 Å². The second-order valence-electron chi connectivity index (χ2n) is 6.45. The third-order valence-electron chi connectivity index (χ3n) is 4.64. The van der Waals surface area contributed by atoms with Gasteiger partial charge in [0.25, 0.3) is 5.56 Å². The van der Waals surface area contributed by atoms with Crippen molar-refractivity contribution in [1.29, 1.82) is 0 Å². The summed E-state index contributed by atoms with van der Waals surface area (Å²) in [6.07, 6.45) is 1.58. The predicted octanol–water partition coefficient (Wildman–Crippen LogP) is 2.33. The number of nitrogens with zero attached hydrogens (tertiary/aromatic N) is 3. The molecule has 0 atom stereocenters.